The molecule has 0 radical (unpaired) electrons. The number of hydrogen-bond acceptors (Lipinski definition) is 6. The molecule has 1 aliphatic rings. The molecule has 1 aliphatic heterocycles. The van der Waals surface area contributed by atoms with Crippen molar-refractivity contribution in [2.75, 3.05) is 25.5 Å². The molecule has 0 aliphatic carbocycles. The van der Waals surface area contributed by atoms with Crippen molar-refractivity contribution in [2.45, 2.75) is 12.5 Å². The Labute approximate surface area is 193 Å². The molecule has 1 saturated heterocycles. The fourth-order valence-corrected chi connectivity index (χ4v) is 4.36. The fraction of sp³-hybridized carbons (Fsp3) is 0.261. The van der Waals surface area contributed by atoms with Crippen LogP contribution in [-0.4, -0.2) is 50.9 Å². The van der Waals surface area contributed by atoms with Gasteiger partial charge in [-0.15, -0.1) is 0 Å². The van der Waals surface area contributed by atoms with Gasteiger partial charge in [0, 0.05) is 59.7 Å². The van der Waals surface area contributed by atoms with E-state index in [0.717, 1.165) is 42.1 Å². The first-order valence-electron chi connectivity index (χ1n) is 10.3. The van der Waals surface area contributed by atoms with E-state index in [1.165, 1.54) is 6.07 Å². The average molecular weight is 497 g/mol. The summed E-state index contributed by atoms with van der Waals surface area (Å²) in [6.45, 7) is 1.91. The summed E-state index contributed by atoms with van der Waals surface area (Å²) < 4.78 is 23.1. The molecule has 4 aromatic rings. The molecule has 1 atom stereocenters. The Morgan fingerprint density at radius 1 is 1.12 bits per heavy atom. The minimum atomic E-state index is -0.404. The van der Waals surface area contributed by atoms with E-state index in [1.54, 1.807) is 16.9 Å². The van der Waals surface area contributed by atoms with Gasteiger partial charge in [-0.1, -0.05) is 15.9 Å². The highest BCUT2D eigenvalue weighted by atomic mass is 79.9. The van der Waals surface area contributed by atoms with Gasteiger partial charge in [0.15, 0.2) is 5.82 Å². The van der Waals surface area contributed by atoms with Crippen LogP contribution in [0.5, 0.6) is 5.75 Å². The van der Waals surface area contributed by atoms with Gasteiger partial charge >= 0.3 is 0 Å². The van der Waals surface area contributed by atoms with Crippen molar-refractivity contribution in [3.8, 4) is 16.9 Å². The van der Waals surface area contributed by atoms with Gasteiger partial charge in [0.1, 0.15) is 17.4 Å². The number of halogens is 2. The third kappa shape index (κ3) is 4.44. The molecular weight excluding hydrogens is 475 g/mol. The topological polar surface area (TPSA) is 68.1 Å². The zero-order valence-corrected chi connectivity index (χ0v) is 19.3. The predicted octanol–water partition coefficient (Wildman–Crippen LogP) is 4.76. The van der Waals surface area contributed by atoms with Crippen LogP contribution in [-0.2, 0) is 7.05 Å². The zero-order valence-electron chi connectivity index (χ0n) is 17.7. The Kier molecular flexibility index (Phi) is 5.52. The van der Waals surface area contributed by atoms with Crippen LogP contribution in [0.4, 0.5) is 16.0 Å². The maximum absolute atomic E-state index is 14.4. The fourth-order valence-electron chi connectivity index (χ4n) is 3.92. The molecule has 164 valence electrons. The van der Waals surface area contributed by atoms with E-state index in [-0.39, 0.29) is 11.6 Å². The number of rotatable bonds is 5. The molecular formula is C23H22BrFN6O. The normalized spacial score (nSPS) is 16.6. The average Bonchev–Trinajstić information content (AvgIpc) is 3.36. The lowest BCUT2D eigenvalue weighted by Gasteiger charge is -2.16. The highest BCUT2D eigenvalue weighted by Gasteiger charge is 2.21. The van der Waals surface area contributed by atoms with Gasteiger partial charge in [0.25, 0.3) is 0 Å². The summed E-state index contributed by atoms with van der Waals surface area (Å²) >= 11 is 3.30. The Morgan fingerprint density at radius 2 is 2.00 bits per heavy atom. The van der Waals surface area contributed by atoms with Gasteiger partial charge in [-0.05, 0) is 43.3 Å². The van der Waals surface area contributed by atoms with Crippen LogP contribution in [0.15, 0.2) is 53.4 Å². The third-order valence-electron chi connectivity index (χ3n) is 5.45. The van der Waals surface area contributed by atoms with Gasteiger partial charge in [0.05, 0.1) is 6.20 Å². The second kappa shape index (κ2) is 8.48. The molecule has 1 fully saturated rings. The molecule has 2 aromatic heterocycles. The lowest BCUT2D eigenvalue weighted by Crippen LogP contribution is -2.21. The molecule has 0 bridgehead atoms. The van der Waals surface area contributed by atoms with E-state index in [2.05, 4.69) is 48.3 Å². The number of hydrogen-bond donors (Lipinski definition) is 1. The summed E-state index contributed by atoms with van der Waals surface area (Å²) in [6.07, 6.45) is 6.49. The summed E-state index contributed by atoms with van der Waals surface area (Å²) in [4.78, 5) is 11.0. The van der Waals surface area contributed by atoms with Crippen LogP contribution >= 0.6 is 15.9 Å². The first-order valence-corrected chi connectivity index (χ1v) is 11.1. The molecule has 9 heteroatoms. The molecule has 0 amide bonds. The molecule has 0 unspecified atom stereocenters. The van der Waals surface area contributed by atoms with Gasteiger partial charge in [-0.2, -0.15) is 5.10 Å². The quantitative estimate of drug-likeness (QED) is 0.429. The monoisotopic (exact) mass is 496 g/mol. The number of ether oxygens (including phenoxy) is 1. The SMILES string of the molecule is CN1CC[C@@H](Oc2cc(Nc3ncc4cc(Br)cc(F)c4n3)cc(-c3cnn(C)c3)c2)C1. The predicted molar refractivity (Wildman–Crippen MR) is 126 cm³/mol. The van der Waals surface area contributed by atoms with Gasteiger partial charge < -0.3 is 15.0 Å². The number of aromatic nitrogens is 4. The Bertz CT molecular complexity index is 1290. The maximum atomic E-state index is 14.4. The van der Waals surface area contributed by atoms with E-state index < -0.39 is 5.82 Å². The number of aryl methyl sites for hydroxylation is 1. The number of nitrogens with zero attached hydrogens (tertiary/aromatic N) is 5. The molecule has 3 heterocycles. The van der Waals surface area contributed by atoms with Crippen LogP contribution in [0.25, 0.3) is 22.0 Å². The summed E-state index contributed by atoms with van der Waals surface area (Å²) in [5.41, 5.74) is 2.95. The Hall–Kier alpha value is -3.04. The van der Waals surface area contributed by atoms with Crippen molar-refractivity contribution < 1.29 is 9.13 Å². The standard InChI is InChI=1S/C23H22BrFN6O/c1-30-4-3-19(13-30)32-20-7-14(16-11-27-31(2)12-16)6-18(9-20)28-23-26-10-15-5-17(24)8-21(25)22(15)29-23/h5-12,19H,3-4,13H2,1-2H3,(H,26,28,29)/t19-/m1/s1. The summed E-state index contributed by atoms with van der Waals surface area (Å²) in [6, 6.07) is 9.10. The van der Waals surface area contributed by atoms with Crippen molar-refractivity contribution in [3.05, 3.63) is 59.2 Å². The zero-order chi connectivity index (χ0) is 22.2. The lowest BCUT2D eigenvalue weighted by atomic mass is 10.1. The number of likely N-dealkylation sites (tertiary alicyclic amines) is 1. The van der Waals surface area contributed by atoms with Gasteiger partial charge in [-0.25, -0.2) is 14.4 Å². The van der Waals surface area contributed by atoms with Gasteiger partial charge in [-0.3, -0.25) is 4.68 Å². The lowest BCUT2D eigenvalue weighted by molar-refractivity contribution is 0.208. The molecule has 0 saturated carbocycles. The van der Waals surface area contributed by atoms with Gasteiger partial charge in [0.2, 0.25) is 5.95 Å². The van der Waals surface area contributed by atoms with E-state index in [0.29, 0.717) is 15.8 Å². The highest BCUT2D eigenvalue weighted by molar-refractivity contribution is 9.10. The molecule has 5 rings (SSSR count). The second-order valence-corrected chi connectivity index (χ2v) is 9.00. The van der Waals surface area contributed by atoms with E-state index >= 15 is 0 Å². The van der Waals surface area contributed by atoms with E-state index in [1.807, 2.05) is 37.6 Å². The van der Waals surface area contributed by atoms with Crippen LogP contribution in [0.3, 0.4) is 0 Å². The summed E-state index contributed by atoms with van der Waals surface area (Å²) in [7, 11) is 3.98. The van der Waals surface area contributed by atoms with Crippen LogP contribution in [0.2, 0.25) is 0 Å². The molecule has 0 spiro atoms. The van der Waals surface area contributed by atoms with Crippen molar-refractivity contribution >= 4 is 38.5 Å². The van der Waals surface area contributed by atoms with E-state index in [9.17, 15) is 4.39 Å². The van der Waals surface area contributed by atoms with Crippen LogP contribution in [0.1, 0.15) is 6.42 Å². The third-order valence-corrected chi connectivity index (χ3v) is 5.91. The second-order valence-electron chi connectivity index (χ2n) is 8.08. The van der Waals surface area contributed by atoms with Crippen molar-refractivity contribution in [3.63, 3.8) is 0 Å². The molecule has 7 nitrogen and oxygen atoms in total. The van der Waals surface area contributed by atoms with Crippen molar-refractivity contribution in [1.82, 2.24) is 24.6 Å². The maximum Gasteiger partial charge on any atom is 0.227 e. The largest absolute Gasteiger partial charge is 0.489 e. The van der Waals surface area contributed by atoms with Crippen molar-refractivity contribution in [2.24, 2.45) is 7.05 Å². The summed E-state index contributed by atoms with van der Waals surface area (Å²) in [5, 5.41) is 8.12. The Balaban J connectivity index is 1.49. The molecule has 1 N–H and O–H groups in total. The van der Waals surface area contributed by atoms with Crippen LogP contribution in [0, 0.1) is 5.82 Å². The number of nitrogens with one attached hydrogen (secondary N) is 1. The number of benzene rings is 2. The molecule has 2 aromatic carbocycles. The number of likely N-dealkylation sites (N-methyl/N-ethyl adjacent to an activating group) is 1. The Morgan fingerprint density at radius 3 is 2.75 bits per heavy atom. The van der Waals surface area contributed by atoms with Crippen molar-refractivity contribution in [1.29, 1.82) is 0 Å². The first-order chi connectivity index (χ1) is 15.4. The van der Waals surface area contributed by atoms with Crippen LogP contribution < -0.4 is 10.1 Å². The minimum absolute atomic E-state index is 0.140. The number of fused-ring (bicyclic) bond motifs is 1. The summed E-state index contributed by atoms with van der Waals surface area (Å²) in [5.74, 6) is 0.664. The number of anilines is 2. The van der Waals surface area contributed by atoms with E-state index in [4.69, 9.17) is 4.74 Å². The molecule has 32 heavy (non-hydrogen) atoms. The first kappa shape index (κ1) is 20.8. The highest BCUT2D eigenvalue weighted by Crippen LogP contribution is 2.31. The minimum Gasteiger partial charge on any atom is -0.489 e. The smallest absolute Gasteiger partial charge is 0.227 e.